The molecule has 0 saturated carbocycles. The molecule has 1 aromatic heterocycles. The van der Waals surface area contributed by atoms with Crippen LogP contribution in [0.5, 0.6) is 0 Å². The lowest BCUT2D eigenvalue weighted by Crippen LogP contribution is -2.59. The average Bonchev–Trinajstić information content (AvgIpc) is 2.58. The maximum Gasteiger partial charge on any atom is 0.0541 e. The molecule has 1 N–H and O–H groups in total. The summed E-state index contributed by atoms with van der Waals surface area (Å²) in [6.07, 6.45) is 8.27. The van der Waals surface area contributed by atoms with Crippen LogP contribution in [0, 0.1) is 0 Å². The van der Waals surface area contributed by atoms with E-state index in [1.165, 1.54) is 32.4 Å². The molecule has 21 heavy (non-hydrogen) atoms. The quantitative estimate of drug-likeness (QED) is 0.902. The van der Waals surface area contributed by atoms with Gasteiger partial charge in [-0.05, 0) is 50.9 Å². The van der Waals surface area contributed by atoms with E-state index in [0.29, 0.717) is 5.54 Å². The number of pyridine rings is 1. The van der Waals surface area contributed by atoms with Gasteiger partial charge in [0.15, 0.2) is 0 Å². The highest BCUT2D eigenvalue weighted by molar-refractivity contribution is 5.04. The second-order valence-corrected chi connectivity index (χ2v) is 6.31. The van der Waals surface area contributed by atoms with Crippen molar-refractivity contribution in [1.29, 1.82) is 0 Å². The molecule has 2 fully saturated rings. The summed E-state index contributed by atoms with van der Waals surface area (Å²) in [6.45, 7) is 6.23. The lowest BCUT2D eigenvalue weighted by molar-refractivity contribution is -0.0358. The van der Waals surface area contributed by atoms with Crippen LogP contribution in [0.2, 0.25) is 0 Å². The first-order valence-corrected chi connectivity index (χ1v) is 8.33. The van der Waals surface area contributed by atoms with E-state index < -0.39 is 0 Å². The van der Waals surface area contributed by atoms with Crippen molar-refractivity contribution in [3.05, 3.63) is 30.1 Å². The van der Waals surface area contributed by atoms with E-state index in [9.17, 15) is 0 Å². The van der Waals surface area contributed by atoms with Crippen molar-refractivity contribution in [3.8, 4) is 0 Å². The maximum absolute atomic E-state index is 5.61. The SMILES string of the molecule is c1ccc(CNCC2(N3CCCCC3)CCOCC2)nc1. The van der Waals surface area contributed by atoms with Crippen LogP contribution in [0.4, 0.5) is 0 Å². The van der Waals surface area contributed by atoms with Crippen LogP contribution in [0.15, 0.2) is 24.4 Å². The number of nitrogens with one attached hydrogen (secondary N) is 1. The summed E-state index contributed by atoms with van der Waals surface area (Å²) in [5, 5.41) is 3.65. The molecule has 2 aliphatic heterocycles. The van der Waals surface area contributed by atoms with Gasteiger partial charge in [0.1, 0.15) is 0 Å². The molecule has 1 aromatic rings. The standard InChI is InChI=1S/C17H27N3O/c1-4-10-20(11-5-1)17(7-12-21-13-8-17)15-18-14-16-6-2-3-9-19-16/h2-3,6,9,18H,1,4-5,7-8,10-15H2. The minimum absolute atomic E-state index is 0.299. The Morgan fingerprint density at radius 3 is 2.67 bits per heavy atom. The summed E-state index contributed by atoms with van der Waals surface area (Å²) in [6, 6.07) is 6.11. The molecule has 0 bridgehead atoms. The smallest absolute Gasteiger partial charge is 0.0541 e. The zero-order chi connectivity index (χ0) is 14.4. The number of aromatic nitrogens is 1. The van der Waals surface area contributed by atoms with Crippen LogP contribution < -0.4 is 5.32 Å². The van der Waals surface area contributed by atoms with E-state index in [2.05, 4.69) is 27.3 Å². The molecule has 0 spiro atoms. The second kappa shape index (κ2) is 7.34. The number of likely N-dealkylation sites (tertiary alicyclic amines) is 1. The molecule has 0 aliphatic carbocycles. The Bertz CT molecular complexity index is 411. The van der Waals surface area contributed by atoms with E-state index in [0.717, 1.165) is 44.8 Å². The largest absolute Gasteiger partial charge is 0.381 e. The van der Waals surface area contributed by atoms with Crippen molar-refractivity contribution >= 4 is 0 Å². The first-order valence-electron chi connectivity index (χ1n) is 8.33. The first-order chi connectivity index (χ1) is 10.4. The summed E-state index contributed by atoms with van der Waals surface area (Å²) >= 11 is 0. The minimum Gasteiger partial charge on any atom is -0.381 e. The van der Waals surface area contributed by atoms with Gasteiger partial charge in [-0.25, -0.2) is 0 Å². The molecule has 4 heteroatoms. The summed E-state index contributed by atoms with van der Waals surface area (Å²) in [7, 11) is 0. The van der Waals surface area contributed by atoms with Crippen molar-refractivity contribution in [2.45, 2.75) is 44.2 Å². The van der Waals surface area contributed by atoms with E-state index in [4.69, 9.17) is 4.74 Å². The number of nitrogens with zero attached hydrogens (tertiary/aromatic N) is 2. The topological polar surface area (TPSA) is 37.4 Å². The Kier molecular flexibility index (Phi) is 5.22. The predicted octanol–water partition coefficient (Wildman–Crippen LogP) is 2.21. The van der Waals surface area contributed by atoms with Crippen LogP contribution in [-0.4, -0.2) is 48.3 Å². The molecular formula is C17H27N3O. The van der Waals surface area contributed by atoms with Crippen LogP contribution in [0.25, 0.3) is 0 Å². The lowest BCUT2D eigenvalue weighted by atomic mass is 9.86. The zero-order valence-corrected chi connectivity index (χ0v) is 12.9. The number of ether oxygens (including phenoxy) is 1. The summed E-state index contributed by atoms with van der Waals surface area (Å²) in [4.78, 5) is 7.12. The number of rotatable bonds is 5. The van der Waals surface area contributed by atoms with E-state index in [1.807, 2.05) is 12.3 Å². The first kappa shape index (κ1) is 14.9. The summed E-state index contributed by atoms with van der Waals surface area (Å²) in [5.74, 6) is 0. The molecule has 3 heterocycles. The van der Waals surface area contributed by atoms with Gasteiger partial charge in [-0.15, -0.1) is 0 Å². The van der Waals surface area contributed by atoms with Gasteiger partial charge in [-0.1, -0.05) is 12.5 Å². The highest BCUT2D eigenvalue weighted by Gasteiger charge is 2.38. The van der Waals surface area contributed by atoms with Crippen LogP contribution in [-0.2, 0) is 11.3 Å². The molecule has 0 aromatic carbocycles. The number of piperidine rings is 1. The van der Waals surface area contributed by atoms with Gasteiger partial charge in [-0.2, -0.15) is 0 Å². The minimum atomic E-state index is 0.299. The second-order valence-electron chi connectivity index (χ2n) is 6.31. The normalized spacial score (nSPS) is 23.0. The molecule has 0 amide bonds. The van der Waals surface area contributed by atoms with Crippen molar-refractivity contribution in [3.63, 3.8) is 0 Å². The Labute approximate surface area is 127 Å². The molecule has 0 atom stereocenters. The number of hydrogen-bond donors (Lipinski definition) is 1. The third kappa shape index (κ3) is 3.82. The van der Waals surface area contributed by atoms with E-state index in [1.54, 1.807) is 0 Å². The van der Waals surface area contributed by atoms with Gasteiger partial charge < -0.3 is 10.1 Å². The Balaban J connectivity index is 1.59. The van der Waals surface area contributed by atoms with Gasteiger partial charge in [0.05, 0.1) is 5.69 Å². The third-order valence-corrected chi connectivity index (χ3v) is 4.94. The van der Waals surface area contributed by atoms with Gasteiger partial charge in [0.2, 0.25) is 0 Å². The number of hydrogen-bond acceptors (Lipinski definition) is 4. The summed E-state index contributed by atoms with van der Waals surface area (Å²) in [5.41, 5.74) is 1.42. The molecule has 4 nitrogen and oxygen atoms in total. The van der Waals surface area contributed by atoms with Crippen molar-refractivity contribution in [2.75, 3.05) is 32.8 Å². The van der Waals surface area contributed by atoms with Gasteiger partial charge in [0.25, 0.3) is 0 Å². The van der Waals surface area contributed by atoms with Crippen molar-refractivity contribution in [2.24, 2.45) is 0 Å². The van der Waals surface area contributed by atoms with E-state index >= 15 is 0 Å². The fourth-order valence-electron chi connectivity index (χ4n) is 3.65. The van der Waals surface area contributed by atoms with Crippen LogP contribution in [0.3, 0.4) is 0 Å². The van der Waals surface area contributed by atoms with Gasteiger partial charge in [0, 0.05) is 38.0 Å². The van der Waals surface area contributed by atoms with Gasteiger partial charge in [-0.3, -0.25) is 9.88 Å². The van der Waals surface area contributed by atoms with Gasteiger partial charge >= 0.3 is 0 Å². The Hall–Kier alpha value is -0.970. The molecular weight excluding hydrogens is 262 g/mol. The molecule has 116 valence electrons. The average molecular weight is 289 g/mol. The van der Waals surface area contributed by atoms with E-state index in [-0.39, 0.29) is 0 Å². The monoisotopic (exact) mass is 289 g/mol. The molecule has 0 unspecified atom stereocenters. The molecule has 2 saturated heterocycles. The fourth-order valence-corrected chi connectivity index (χ4v) is 3.65. The zero-order valence-electron chi connectivity index (χ0n) is 12.9. The van der Waals surface area contributed by atoms with Crippen LogP contribution >= 0.6 is 0 Å². The predicted molar refractivity (Wildman–Crippen MR) is 84.2 cm³/mol. The Morgan fingerprint density at radius 2 is 1.95 bits per heavy atom. The van der Waals surface area contributed by atoms with Crippen molar-refractivity contribution < 1.29 is 4.74 Å². The lowest BCUT2D eigenvalue weighted by Gasteiger charge is -2.48. The highest BCUT2D eigenvalue weighted by atomic mass is 16.5. The van der Waals surface area contributed by atoms with Crippen molar-refractivity contribution in [1.82, 2.24) is 15.2 Å². The maximum atomic E-state index is 5.61. The summed E-state index contributed by atoms with van der Waals surface area (Å²) < 4.78 is 5.61. The molecule has 3 rings (SSSR count). The van der Waals surface area contributed by atoms with Crippen LogP contribution in [0.1, 0.15) is 37.8 Å². The fraction of sp³-hybridized carbons (Fsp3) is 0.706. The molecule has 0 radical (unpaired) electrons. The molecule has 2 aliphatic rings. The third-order valence-electron chi connectivity index (χ3n) is 4.94. The Morgan fingerprint density at radius 1 is 1.14 bits per heavy atom. The highest BCUT2D eigenvalue weighted by Crippen LogP contribution is 2.30.